The minimum Gasteiger partial charge on any atom is -0.316 e. The third kappa shape index (κ3) is 4.74. The van der Waals surface area contributed by atoms with Crippen LogP contribution in [0.5, 0.6) is 0 Å². The van der Waals surface area contributed by atoms with Crippen LogP contribution >= 0.6 is 0 Å². The van der Waals surface area contributed by atoms with E-state index in [0.29, 0.717) is 17.9 Å². The first-order valence-electron chi connectivity index (χ1n) is 5.66. The summed E-state index contributed by atoms with van der Waals surface area (Å²) in [5, 5.41) is 7.14. The Morgan fingerprint density at radius 3 is 2.65 bits per heavy atom. The second-order valence-corrected chi connectivity index (χ2v) is 5.81. The molecule has 0 aromatic carbocycles. The number of nitrogens with one attached hydrogen (secondary N) is 2. The Hall–Kier alpha value is -1.08. The van der Waals surface area contributed by atoms with E-state index in [9.17, 15) is 8.42 Å². The van der Waals surface area contributed by atoms with E-state index >= 15 is 0 Å². The van der Waals surface area contributed by atoms with Gasteiger partial charge in [0.15, 0.2) is 0 Å². The lowest BCUT2D eigenvalue weighted by Gasteiger charge is -2.07. The van der Waals surface area contributed by atoms with Crippen LogP contribution in [0.25, 0.3) is 0 Å². The van der Waals surface area contributed by atoms with Crippen LogP contribution in [0, 0.1) is 6.92 Å². The maximum Gasteiger partial charge on any atom is 0.234 e. The van der Waals surface area contributed by atoms with Crippen LogP contribution in [-0.4, -0.2) is 37.0 Å². The van der Waals surface area contributed by atoms with Crippen LogP contribution in [0.1, 0.15) is 19.0 Å². The molecule has 1 heterocycles. The van der Waals surface area contributed by atoms with Gasteiger partial charge in [-0.2, -0.15) is 5.10 Å². The summed E-state index contributed by atoms with van der Waals surface area (Å²) in [5.74, 6) is 0.0708. The highest BCUT2D eigenvalue weighted by Crippen LogP contribution is 2.13. The van der Waals surface area contributed by atoms with Gasteiger partial charge in [0, 0.05) is 19.8 Å². The maximum atomic E-state index is 11.7. The van der Waals surface area contributed by atoms with Crippen molar-refractivity contribution >= 4 is 15.7 Å². The molecule has 0 radical (unpaired) electrons. The quantitative estimate of drug-likeness (QED) is 0.699. The molecule has 1 aromatic rings. The minimum atomic E-state index is -3.29. The van der Waals surface area contributed by atoms with Crippen molar-refractivity contribution in [3.05, 3.63) is 11.9 Å². The fourth-order valence-corrected chi connectivity index (χ4v) is 2.48. The Morgan fingerprint density at radius 1 is 1.41 bits per heavy atom. The Morgan fingerprint density at radius 2 is 2.12 bits per heavy atom. The van der Waals surface area contributed by atoms with E-state index in [1.54, 1.807) is 24.9 Å². The van der Waals surface area contributed by atoms with E-state index < -0.39 is 10.0 Å². The number of sulfonamides is 1. The first-order chi connectivity index (χ1) is 7.94. The monoisotopic (exact) mass is 260 g/mol. The minimum absolute atomic E-state index is 0.0708. The summed E-state index contributed by atoms with van der Waals surface area (Å²) < 4.78 is 27.6. The number of hydrogen-bond acceptors (Lipinski definition) is 4. The lowest BCUT2D eigenvalue weighted by molar-refractivity contribution is 0.595. The zero-order chi connectivity index (χ0) is 12.9. The molecule has 0 saturated carbocycles. The fourth-order valence-electron chi connectivity index (χ4n) is 1.43. The highest BCUT2D eigenvalue weighted by molar-refractivity contribution is 7.92. The van der Waals surface area contributed by atoms with Gasteiger partial charge in [-0.3, -0.25) is 9.40 Å². The normalized spacial score (nSPS) is 11.7. The second kappa shape index (κ2) is 6.02. The van der Waals surface area contributed by atoms with Gasteiger partial charge in [-0.1, -0.05) is 6.92 Å². The van der Waals surface area contributed by atoms with Crippen LogP contribution in [-0.2, 0) is 17.1 Å². The van der Waals surface area contributed by atoms with Crippen LogP contribution < -0.4 is 10.0 Å². The molecule has 0 aliphatic carbocycles. The smallest absolute Gasteiger partial charge is 0.234 e. The number of rotatable bonds is 7. The molecule has 0 aliphatic rings. The molecule has 0 spiro atoms. The first kappa shape index (κ1) is 14.0. The summed E-state index contributed by atoms with van der Waals surface area (Å²) in [4.78, 5) is 0. The Labute approximate surface area is 102 Å². The van der Waals surface area contributed by atoms with Crippen molar-refractivity contribution in [2.75, 3.05) is 23.6 Å². The highest BCUT2D eigenvalue weighted by Gasteiger charge is 2.13. The molecule has 98 valence electrons. The van der Waals surface area contributed by atoms with Crippen LogP contribution in [0.3, 0.4) is 0 Å². The van der Waals surface area contributed by atoms with Gasteiger partial charge in [0.25, 0.3) is 0 Å². The highest BCUT2D eigenvalue weighted by atomic mass is 32.2. The molecule has 0 bridgehead atoms. The summed E-state index contributed by atoms with van der Waals surface area (Å²) in [7, 11) is -1.53. The van der Waals surface area contributed by atoms with Gasteiger partial charge in [0.1, 0.15) is 0 Å². The van der Waals surface area contributed by atoms with Crippen molar-refractivity contribution in [1.29, 1.82) is 0 Å². The molecule has 7 heteroatoms. The largest absolute Gasteiger partial charge is 0.316 e. The van der Waals surface area contributed by atoms with Gasteiger partial charge in [0.2, 0.25) is 10.0 Å². The van der Waals surface area contributed by atoms with E-state index in [1.165, 1.54) is 0 Å². The van der Waals surface area contributed by atoms with Crippen molar-refractivity contribution < 1.29 is 8.42 Å². The van der Waals surface area contributed by atoms with Gasteiger partial charge < -0.3 is 5.32 Å². The van der Waals surface area contributed by atoms with Gasteiger partial charge in [-0.25, -0.2) is 8.42 Å². The number of nitrogens with zero attached hydrogens (tertiary/aromatic N) is 2. The number of aryl methyl sites for hydroxylation is 2. The molecule has 0 unspecified atom stereocenters. The van der Waals surface area contributed by atoms with E-state index in [1.807, 2.05) is 6.92 Å². The lowest BCUT2D eigenvalue weighted by Crippen LogP contribution is -2.27. The fraction of sp³-hybridized carbons (Fsp3) is 0.700. The average molecular weight is 260 g/mol. The lowest BCUT2D eigenvalue weighted by atomic mass is 10.4. The van der Waals surface area contributed by atoms with Crippen molar-refractivity contribution in [3.8, 4) is 0 Å². The van der Waals surface area contributed by atoms with Crippen molar-refractivity contribution in [2.45, 2.75) is 20.3 Å². The Kier molecular flexibility index (Phi) is 4.95. The summed E-state index contributed by atoms with van der Waals surface area (Å²) in [6.45, 7) is 5.11. The molecular formula is C10H20N4O2S. The second-order valence-electron chi connectivity index (χ2n) is 3.97. The molecule has 6 nitrogen and oxygen atoms in total. The zero-order valence-electron chi connectivity index (χ0n) is 10.5. The third-order valence-electron chi connectivity index (χ3n) is 2.25. The molecular weight excluding hydrogens is 240 g/mol. The molecule has 0 aliphatic heterocycles. The zero-order valence-corrected chi connectivity index (χ0v) is 11.3. The van der Waals surface area contributed by atoms with Crippen LogP contribution in [0.4, 0.5) is 5.69 Å². The first-order valence-corrected chi connectivity index (χ1v) is 7.31. The van der Waals surface area contributed by atoms with Gasteiger partial charge in [-0.05, 0) is 19.9 Å². The van der Waals surface area contributed by atoms with Crippen LogP contribution in [0.2, 0.25) is 0 Å². The predicted octanol–water partition coefficient (Wildman–Crippen LogP) is 0.470. The average Bonchev–Trinajstić information content (AvgIpc) is 2.52. The summed E-state index contributed by atoms with van der Waals surface area (Å²) >= 11 is 0. The molecule has 0 atom stereocenters. The van der Waals surface area contributed by atoms with Gasteiger partial charge in [-0.15, -0.1) is 0 Å². The van der Waals surface area contributed by atoms with Crippen LogP contribution in [0.15, 0.2) is 6.20 Å². The van der Waals surface area contributed by atoms with Gasteiger partial charge >= 0.3 is 0 Å². The Balaban J connectivity index is 2.52. The third-order valence-corrected chi connectivity index (χ3v) is 3.53. The predicted molar refractivity (Wildman–Crippen MR) is 68.5 cm³/mol. The van der Waals surface area contributed by atoms with Crippen molar-refractivity contribution in [1.82, 2.24) is 15.1 Å². The number of aromatic nitrogens is 2. The van der Waals surface area contributed by atoms with E-state index in [-0.39, 0.29) is 5.75 Å². The van der Waals surface area contributed by atoms with Crippen molar-refractivity contribution in [3.63, 3.8) is 0 Å². The standard InChI is InChI=1S/C10H20N4O2S/c1-4-5-11-6-7-17(15,16)13-10-8-14(3)12-9(10)2/h8,11,13H,4-7H2,1-3H3. The molecule has 17 heavy (non-hydrogen) atoms. The van der Waals surface area contributed by atoms with E-state index in [0.717, 1.165) is 13.0 Å². The van der Waals surface area contributed by atoms with Crippen molar-refractivity contribution in [2.24, 2.45) is 7.05 Å². The molecule has 0 amide bonds. The van der Waals surface area contributed by atoms with E-state index in [2.05, 4.69) is 15.1 Å². The Bertz CT molecular complexity index is 453. The summed E-state index contributed by atoms with van der Waals surface area (Å²) in [6, 6.07) is 0. The SMILES string of the molecule is CCCNCCS(=O)(=O)Nc1cn(C)nc1C. The molecule has 0 saturated heterocycles. The summed E-state index contributed by atoms with van der Waals surface area (Å²) in [5.41, 5.74) is 1.22. The number of hydrogen-bond donors (Lipinski definition) is 2. The molecule has 2 N–H and O–H groups in total. The maximum absolute atomic E-state index is 11.7. The van der Waals surface area contributed by atoms with E-state index in [4.69, 9.17) is 0 Å². The molecule has 1 aromatic heterocycles. The summed E-state index contributed by atoms with van der Waals surface area (Å²) in [6.07, 6.45) is 2.65. The molecule has 1 rings (SSSR count). The topological polar surface area (TPSA) is 76.0 Å². The number of anilines is 1. The molecule has 0 fully saturated rings. The van der Waals surface area contributed by atoms with Gasteiger partial charge in [0.05, 0.1) is 17.1 Å².